The average Bonchev–Trinajstić information content (AvgIpc) is 2.67. The maximum atomic E-state index is 12.6. The lowest BCUT2D eigenvalue weighted by Gasteiger charge is -2.25. The van der Waals surface area contributed by atoms with Crippen molar-refractivity contribution in [3.05, 3.63) is 48.0 Å². The van der Waals surface area contributed by atoms with Crippen LogP contribution >= 0.6 is 0 Å². The molecule has 0 saturated heterocycles. The molecular formula is C20H20N2O6. The number of amides is 2. The van der Waals surface area contributed by atoms with Crippen molar-refractivity contribution in [3.63, 3.8) is 0 Å². The van der Waals surface area contributed by atoms with Crippen molar-refractivity contribution in [3.8, 4) is 11.5 Å². The number of fused-ring (bicyclic) bond motifs is 1. The number of para-hydroxylation sites is 1. The lowest BCUT2D eigenvalue weighted by molar-refractivity contribution is -0.137. The van der Waals surface area contributed by atoms with Gasteiger partial charge in [0.05, 0.1) is 17.9 Å². The highest BCUT2D eigenvalue weighted by atomic mass is 16.5. The van der Waals surface area contributed by atoms with Gasteiger partial charge in [0.1, 0.15) is 5.75 Å². The molecule has 0 aliphatic carbocycles. The van der Waals surface area contributed by atoms with Gasteiger partial charge in [0.15, 0.2) is 11.9 Å². The van der Waals surface area contributed by atoms with Crippen molar-refractivity contribution >= 4 is 29.2 Å². The van der Waals surface area contributed by atoms with E-state index < -0.39 is 12.1 Å². The first-order valence-corrected chi connectivity index (χ1v) is 8.80. The second kappa shape index (κ2) is 8.43. The second-order valence-electron chi connectivity index (χ2n) is 6.26. The van der Waals surface area contributed by atoms with Crippen LogP contribution in [-0.4, -0.2) is 35.6 Å². The molecule has 2 amide bonds. The largest absolute Gasteiger partial charge is 0.494 e. The Balaban J connectivity index is 1.63. The summed E-state index contributed by atoms with van der Waals surface area (Å²) in [5.74, 6) is -0.562. The Hall–Kier alpha value is -3.55. The number of benzene rings is 2. The maximum Gasteiger partial charge on any atom is 0.303 e. The Morgan fingerprint density at radius 2 is 1.96 bits per heavy atom. The Kier molecular flexibility index (Phi) is 5.78. The minimum atomic E-state index is -0.859. The molecule has 28 heavy (non-hydrogen) atoms. The number of rotatable bonds is 7. The predicted octanol–water partition coefficient (Wildman–Crippen LogP) is 2.90. The summed E-state index contributed by atoms with van der Waals surface area (Å²) in [7, 11) is 0. The van der Waals surface area contributed by atoms with Gasteiger partial charge in [0, 0.05) is 12.1 Å². The summed E-state index contributed by atoms with van der Waals surface area (Å²) in [6.07, 6.45) is -0.211. The highest BCUT2D eigenvalue weighted by Crippen LogP contribution is 2.33. The van der Waals surface area contributed by atoms with Crippen molar-refractivity contribution in [2.45, 2.75) is 25.9 Å². The standard InChI is InChI=1S/C20H20N2O6/c1-12-19(25)22-16-5-2-4-15(18(16)28-12)20(26)21-13-7-9-14(10-8-13)27-11-3-6-17(23)24/h2,4-5,7-10,12H,3,6,11H2,1H3,(H,21,26)(H,22,25)(H,23,24). The van der Waals surface area contributed by atoms with Crippen LogP contribution in [0.2, 0.25) is 0 Å². The smallest absolute Gasteiger partial charge is 0.303 e. The third kappa shape index (κ3) is 4.59. The van der Waals surface area contributed by atoms with E-state index in [1.165, 1.54) is 0 Å². The Labute approximate surface area is 161 Å². The molecule has 0 fully saturated rings. The van der Waals surface area contributed by atoms with Gasteiger partial charge >= 0.3 is 5.97 Å². The number of hydrogen-bond donors (Lipinski definition) is 3. The van der Waals surface area contributed by atoms with Crippen LogP contribution in [-0.2, 0) is 9.59 Å². The van der Waals surface area contributed by atoms with Gasteiger partial charge in [-0.05, 0) is 49.7 Å². The Morgan fingerprint density at radius 1 is 1.21 bits per heavy atom. The molecule has 3 rings (SSSR count). The van der Waals surface area contributed by atoms with Crippen LogP contribution in [0.1, 0.15) is 30.1 Å². The lowest BCUT2D eigenvalue weighted by Crippen LogP contribution is -2.35. The molecule has 1 aliphatic rings. The molecular weight excluding hydrogens is 364 g/mol. The van der Waals surface area contributed by atoms with Gasteiger partial charge < -0.3 is 25.2 Å². The zero-order chi connectivity index (χ0) is 20.1. The van der Waals surface area contributed by atoms with Crippen LogP contribution in [0.25, 0.3) is 0 Å². The number of carbonyl (C=O) groups excluding carboxylic acids is 2. The van der Waals surface area contributed by atoms with Crippen molar-refractivity contribution in [2.75, 3.05) is 17.2 Å². The minimum absolute atomic E-state index is 0.0523. The predicted molar refractivity (Wildman–Crippen MR) is 102 cm³/mol. The molecule has 146 valence electrons. The quantitative estimate of drug-likeness (QED) is 0.633. The van der Waals surface area contributed by atoms with E-state index >= 15 is 0 Å². The zero-order valence-corrected chi connectivity index (χ0v) is 15.2. The van der Waals surface area contributed by atoms with Crippen molar-refractivity contribution in [1.82, 2.24) is 0 Å². The number of aliphatic carboxylic acids is 1. The van der Waals surface area contributed by atoms with Gasteiger partial charge in [-0.2, -0.15) is 0 Å². The molecule has 2 aromatic rings. The summed E-state index contributed by atoms with van der Waals surface area (Å²) < 4.78 is 11.1. The number of carboxylic acid groups (broad SMARTS) is 1. The van der Waals surface area contributed by atoms with E-state index in [0.717, 1.165) is 0 Å². The van der Waals surface area contributed by atoms with E-state index in [1.54, 1.807) is 49.4 Å². The van der Waals surface area contributed by atoms with E-state index in [-0.39, 0.29) is 18.2 Å². The summed E-state index contributed by atoms with van der Waals surface area (Å²) in [6, 6.07) is 11.7. The van der Waals surface area contributed by atoms with Gasteiger partial charge in [-0.15, -0.1) is 0 Å². The summed E-state index contributed by atoms with van der Waals surface area (Å²) in [4.78, 5) is 34.8. The number of ether oxygens (including phenoxy) is 2. The fraction of sp³-hybridized carbons (Fsp3) is 0.250. The van der Waals surface area contributed by atoms with E-state index in [4.69, 9.17) is 14.6 Å². The van der Waals surface area contributed by atoms with Crippen LogP contribution in [0.5, 0.6) is 11.5 Å². The summed E-state index contributed by atoms with van der Waals surface area (Å²) in [5.41, 5.74) is 1.34. The van der Waals surface area contributed by atoms with Crippen molar-refractivity contribution in [1.29, 1.82) is 0 Å². The third-order valence-corrected chi connectivity index (χ3v) is 4.10. The molecule has 0 radical (unpaired) electrons. The zero-order valence-electron chi connectivity index (χ0n) is 15.2. The molecule has 8 heteroatoms. The molecule has 0 saturated carbocycles. The molecule has 2 aromatic carbocycles. The van der Waals surface area contributed by atoms with Crippen molar-refractivity contribution in [2.24, 2.45) is 0 Å². The van der Waals surface area contributed by atoms with Gasteiger partial charge in [0.2, 0.25) is 0 Å². The van der Waals surface area contributed by atoms with Gasteiger partial charge in [-0.25, -0.2) is 0 Å². The molecule has 3 N–H and O–H groups in total. The van der Waals surface area contributed by atoms with Gasteiger partial charge in [-0.3, -0.25) is 14.4 Å². The summed E-state index contributed by atoms with van der Waals surface area (Å²) >= 11 is 0. The summed E-state index contributed by atoms with van der Waals surface area (Å²) in [5, 5.41) is 14.1. The highest BCUT2D eigenvalue weighted by Gasteiger charge is 2.27. The topological polar surface area (TPSA) is 114 Å². The molecule has 0 bridgehead atoms. The van der Waals surface area contributed by atoms with E-state index in [1.807, 2.05) is 0 Å². The van der Waals surface area contributed by atoms with Gasteiger partial charge in [-0.1, -0.05) is 6.07 Å². The van der Waals surface area contributed by atoms with Crippen LogP contribution < -0.4 is 20.1 Å². The van der Waals surface area contributed by atoms with E-state index in [2.05, 4.69) is 10.6 Å². The third-order valence-electron chi connectivity index (χ3n) is 4.10. The normalized spacial score (nSPS) is 15.0. The number of anilines is 2. The maximum absolute atomic E-state index is 12.6. The van der Waals surface area contributed by atoms with Crippen LogP contribution in [0.15, 0.2) is 42.5 Å². The molecule has 1 atom stereocenters. The van der Waals surface area contributed by atoms with E-state index in [0.29, 0.717) is 41.5 Å². The highest BCUT2D eigenvalue weighted by molar-refractivity contribution is 6.09. The fourth-order valence-electron chi connectivity index (χ4n) is 2.65. The molecule has 1 unspecified atom stereocenters. The van der Waals surface area contributed by atoms with Gasteiger partial charge in [0.25, 0.3) is 11.8 Å². The second-order valence-corrected chi connectivity index (χ2v) is 6.26. The first-order chi connectivity index (χ1) is 13.4. The monoisotopic (exact) mass is 384 g/mol. The minimum Gasteiger partial charge on any atom is -0.494 e. The van der Waals surface area contributed by atoms with Crippen molar-refractivity contribution < 1.29 is 29.0 Å². The first kappa shape index (κ1) is 19.2. The fourth-order valence-corrected chi connectivity index (χ4v) is 2.65. The van der Waals surface area contributed by atoms with E-state index in [9.17, 15) is 14.4 Å². The SMILES string of the molecule is CC1Oc2c(cccc2C(=O)Nc2ccc(OCCCC(=O)O)cc2)NC1=O. The molecule has 0 spiro atoms. The average molecular weight is 384 g/mol. The molecule has 0 aromatic heterocycles. The van der Waals surface area contributed by atoms with Crippen LogP contribution in [0, 0.1) is 0 Å². The molecule has 1 aliphatic heterocycles. The lowest BCUT2D eigenvalue weighted by atomic mass is 10.1. The number of carboxylic acids is 1. The molecule has 8 nitrogen and oxygen atoms in total. The number of carbonyl (C=O) groups is 3. The summed E-state index contributed by atoms with van der Waals surface area (Å²) in [6.45, 7) is 1.91. The number of hydrogen-bond acceptors (Lipinski definition) is 5. The number of nitrogens with one attached hydrogen (secondary N) is 2. The Morgan fingerprint density at radius 3 is 2.68 bits per heavy atom. The first-order valence-electron chi connectivity index (χ1n) is 8.80. The Bertz CT molecular complexity index is 894. The molecule has 1 heterocycles. The van der Waals surface area contributed by atoms with Crippen LogP contribution in [0.3, 0.4) is 0 Å². The van der Waals surface area contributed by atoms with Crippen LogP contribution in [0.4, 0.5) is 11.4 Å².